The maximum absolute atomic E-state index is 12.0. The molecule has 0 radical (unpaired) electrons. The first-order chi connectivity index (χ1) is 11.3. The zero-order valence-corrected chi connectivity index (χ0v) is 14.0. The Bertz CT molecular complexity index is 507. The summed E-state index contributed by atoms with van der Waals surface area (Å²) in [5.41, 5.74) is 0. The lowest BCUT2D eigenvalue weighted by Crippen LogP contribution is -2.42. The predicted molar refractivity (Wildman–Crippen MR) is 95.6 cm³/mol. The van der Waals surface area contributed by atoms with Gasteiger partial charge in [-0.1, -0.05) is 58.3 Å². The van der Waals surface area contributed by atoms with Gasteiger partial charge in [-0.3, -0.25) is 9.79 Å². The van der Waals surface area contributed by atoms with Crippen LogP contribution < -0.4 is 5.32 Å². The smallest absolute Gasteiger partial charge is 0.225 e. The number of fused-ring (bicyclic) bond motifs is 1. The van der Waals surface area contributed by atoms with Crippen LogP contribution in [0.5, 0.6) is 0 Å². The summed E-state index contributed by atoms with van der Waals surface area (Å²) in [6, 6.07) is -0.327. The van der Waals surface area contributed by atoms with Gasteiger partial charge in [0, 0.05) is 6.42 Å². The van der Waals surface area contributed by atoms with Crippen LogP contribution in [0.15, 0.2) is 20.0 Å². The number of rotatable bonds is 10. The summed E-state index contributed by atoms with van der Waals surface area (Å²) in [5.74, 6) is 1.13. The lowest BCUT2D eigenvalue weighted by Gasteiger charge is -2.14. The molecule has 2 heterocycles. The van der Waals surface area contributed by atoms with Crippen molar-refractivity contribution in [1.82, 2.24) is 5.32 Å². The number of carbonyl (C=O) groups is 1. The minimum absolute atomic E-state index is 0.00319. The van der Waals surface area contributed by atoms with E-state index >= 15 is 0 Å². The molecule has 1 amide bonds. The first-order valence-corrected chi connectivity index (χ1v) is 8.80. The van der Waals surface area contributed by atoms with Crippen molar-refractivity contribution in [2.75, 3.05) is 0 Å². The molecule has 2 aliphatic rings. The van der Waals surface area contributed by atoms with Crippen LogP contribution in [0.25, 0.3) is 0 Å². The molecule has 6 heteroatoms. The molecular formula is C17H27N5O. The highest BCUT2D eigenvalue weighted by molar-refractivity contribution is 6.22. The standard InChI is InChI=1S/C17H27N5O/c1-2-3-4-5-6-7-8-9-10-11-14(23)22-17-15-16(19-12-18-15)20-13-21-17/h12-13,15H,2-11H2,1H3,(H,18,19,20,21,22,23). The van der Waals surface area contributed by atoms with Gasteiger partial charge in [0.05, 0.1) is 0 Å². The molecule has 0 spiro atoms. The van der Waals surface area contributed by atoms with Crippen molar-refractivity contribution in [1.29, 1.82) is 0 Å². The number of nitrogens with zero attached hydrogens (tertiary/aromatic N) is 4. The quantitative estimate of drug-likeness (QED) is 0.617. The van der Waals surface area contributed by atoms with Gasteiger partial charge in [-0.25, -0.2) is 15.0 Å². The minimum atomic E-state index is -0.327. The van der Waals surface area contributed by atoms with Crippen molar-refractivity contribution in [3.05, 3.63) is 0 Å². The monoisotopic (exact) mass is 317 g/mol. The molecule has 126 valence electrons. The number of hydrogen-bond donors (Lipinski definition) is 1. The molecule has 1 unspecified atom stereocenters. The van der Waals surface area contributed by atoms with E-state index in [1.807, 2.05) is 0 Å². The van der Waals surface area contributed by atoms with E-state index < -0.39 is 0 Å². The largest absolute Gasteiger partial charge is 0.312 e. The van der Waals surface area contributed by atoms with Crippen molar-refractivity contribution in [3.8, 4) is 0 Å². The lowest BCUT2D eigenvalue weighted by atomic mass is 10.1. The van der Waals surface area contributed by atoms with Gasteiger partial charge in [0.25, 0.3) is 0 Å². The van der Waals surface area contributed by atoms with E-state index in [4.69, 9.17) is 0 Å². The molecule has 0 aromatic carbocycles. The Morgan fingerprint density at radius 3 is 2.43 bits per heavy atom. The second-order valence-corrected chi connectivity index (χ2v) is 6.04. The second kappa shape index (κ2) is 10.0. The molecule has 0 aromatic heterocycles. The zero-order valence-electron chi connectivity index (χ0n) is 14.0. The van der Waals surface area contributed by atoms with Crippen molar-refractivity contribution in [2.24, 2.45) is 20.0 Å². The van der Waals surface area contributed by atoms with Crippen LogP contribution in [0.1, 0.15) is 71.1 Å². The van der Waals surface area contributed by atoms with Crippen LogP contribution in [0.2, 0.25) is 0 Å². The Kier molecular flexibility index (Phi) is 7.63. The van der Waals surface area contributed by atoms with Crippen molar-refractivity contribution >= 4 is 30.3 Å². The number of unbranched alkanes of at least 4 members (excludes halogenated alkanes) is 8. The van der Waals surface area contributed by atoms with E-state index in [0.717, 1.165) is 12.8 Å². The summed E-state index contributed by atoms with van der Waals surface area (Å²) < 4.78 is 0. The van der Waals surface area contributed by atoms with E-state index in [2.05, 4.69) is 32.2 Å². The molecule has 6 nitrogen and oxygen atoms in total. The summed E-state index contributed by atoms with van der Waals surface area (Å²) in [6.45, 7) is 2.24. The Hall–Kier alpha value is -1.85. The molecule has 0 bridgehead atoms. The highest BCUT2D eigenvalue weighted by Crippen LogP contribution is 2.11. The zero-order chi connectivity index (χ0) is 16.3. The molecule has 23 heavy (non-hydrogen) atoms. The van der Waals surface area contributed by atoms with Crippen LogP contribution in [0.3, 0.4) is 0 Å². The van der Waals surface area contributed by atoms with E-state index in [0.29, 0.717) is 18.1 Å². The van der Waals surface area contributed by atoms with E-state index in [9.17, 15) is 4.79 Å². The molecular weight excluding hydrogens is 290 g/mol. The highest BCUT2D eigenvalue weighted by Gasteiger charge is 2.27. The van der Waals surface area contributed by atoms with Crippen molar-refractivity contribution in [3.63, 3.8) is 0 Å². The maximum Gasteiger partial charge on any atom is 0.225 e. The maximum atomic E-state index is 12.0. The van der Waals surface area contributed by atoms with Crippen LogP contribution in [0, 0.1) is 0 Å². The number of amides is 1. The molecule has 0 aliphatic carbocycles. The van der Waals surface area contributed by atoms with Crippen molar-refractivity contribution < 1.29 is 4.79 Å². The van der Waals surface area contributed by atoms with E-state index in [1.165, 1.54) is 57.6 Å². The van der Waals surface area contributed by atoms with Gasteiger partial charge in [-0.05, 0) is 6.42 Å². The fraction of sp³-hybridized carbons (Fsp3) is 0.706. The Morgan fingerprint density at radius 1 is 1.00 bits per heavy atom. The second-order valence-electron chi connectivity index (χ2n) is 6.04. The number of aliphatic imine (C=N–C) groups is 4. The molecule has 2 aliphatic heterocycles. The van der Waals surface area contributed by atoms with Gasteiger partial charge in [0.1, 0.15) is 18.5 Å². The Labute approximate surface area is 138 Å². The van der Waals surface area contributed by atoms with E-state index in [1.54, 1.807) is 0 Å². The summed E-state index contributed by atoms with van der Waals surface area (Å²) in [7, 11) is 0. The fourth-order valence-corrected chi connectivity index (χ4v) is 2.72. The summed E-state index contributed by atoms with van der Waals surface area (Å²) in [5, 5.41) is 2.84. The van der Waals surface area contributed by atoms with Gasteiger partial charge in [-0.15, -0.1) is 0 Å². The van der Waals surface area contributed by atoms with E-state index in [-0.39, 0.29) is 11.9 Å². The average molecular weight is 317 g/mol. The van der Waals surface area contributed by atoms with Crippen LogP contribution >= 0.6 is 0 Å². The SMILES string of the molecule is CCCCCCCCCCCC(=O)NC1=NC=NC2=NC=NC21. The predicted octanol–water partition coefficient (Wildman–Crippen LogP) is 3.27. The lowest BCUT2D eigenvalue weighted by molar-refractivity contribution is -0.119. The third-order valence-electron chi connectivity index (χ3n) is 4.07. The van der Waals surface area contributed by atoms with Crippen LogP contribution in [0.4, 0.5) is 0 Å². The van der Waals surface area contributed by atoms with Crippen molar-refractivity contribution in [2.45, 2.75) is 77.2 Å². The molecule has 0 saturated heterocycles. The van der Waals surface area contributed by atoms with Gasteiger partial charge in [0.2, 0.25) is 5.91 Å². The molecule has 0 saturated carbocycles. The first kappa shape index (κ1) is 17.5. The normalized spacial score (nSPS) is 18.6. The topological polar surface area (TPSA) is 78.5 Å². The summed E-state index contributed by atoms with van der Waals surface area (Å²) >= 11 is 0. The van der Waals surface area contributed by atoms with Gasteiger partial charge in [-0.2, -0.15) is 0 Å². The third-order valence-corrected chi connectivity index (χ3v) is 4.07. The van der Waals surface area contributed by atoms with Gasteiger partial charge in [0.15, 0.2) is 11.9 Å². The fourth-order valence-electron chi connectivity index (χ4n) is 2.72. The third kappa shape index (κ3) is 6.04. The molecule has 1 atom stereocenters. The Balaban J connectivity index is 1.52. The summed E-state index contributed by atoms with van der Waals surface area (Å²) in [4.78, 5) is 28.3. The minimum Gasteiger partial charge on any atom is -0.312 e. The van der Waals surface area contributed by atoms with Crippen LogP contribution in [-0.4, -0.2) is 36.3 Å². The number of nitrogens with one attached hydrogen (secondary N) is 1. The molecule has 0 fully saturated rings. The number of hydrogen-bond acceptors (Lipinski definition) is 5. The molecule has 2 rings (SSSR count). The average Bonchev–Trinajstić information content (AvgIpc) is 3.03. The first-order valence-electron chi connectivity index (χ1n) is 8.80. The highest BCUT2D eigenvalue weighted by atomic mass is 16.1. The summed E-state index contributed by atoms with van der Waals surface area (Å²) in [6.07, 6.45) is 14.6. The van der Waals surface area contributed by atoms with Crippen LogP contribution in [-0.2, 0) is 4.79 Å². The van der Waals surface area contributed by atoms with Gasteiger partial charge >= 0.3 is 0 Å². The Morgan fingerprint density at radius 2 is 1.70 bits per heavy atom. The van der Waals surface area contributed by atoms with Gasteiger partial charge < -0.3 is 5.32 Å². The molecule has 1 N–H and O–H groups in total. The molecule has 0 aromatic rings. The number of carbonyl (C=O) groups excluding carboxylic acids is 1. The number of amidine groups is 2.